The van der Waals surface area contributed by atoms with E-state index in [2.05, 4.69) is 9.68 Å². The van der Waals surface area contributed by atoms with Crippen LogP contribution in [0.15, 0.2) is 46.0 Å². The highest BCUT2D eigenvalue weighted by atomic mass is 35.7. The maximum atomic E-state index is 10.9. The number of benzene rings is 1. The third-order valence-electron chi connectivity index (χ3n) is 1.80. The van der Waals surface area contributed by atoms with Crippen molar-refractivity contribution in [2.24, 2.45) is 0 Å². The molecule has 0 fully saturated rings. The average Bonchev–Trinajstić information content (AvgIpc) is 2.67. The summed E-state index contributed by atoms with van der Waals surface area (Å²) in [5.41, 5.74) is 1.21. The van der Waals surface area contributed by atoms with Crippen molar-refractivity contribution in [3.8, 4) is 11.3 Å². The maximum Gasteiger partial charge on any atom is 0.297 e. The molecule has 0 radical (unpaired) electrons. The van der Waals surface area contributed by atoms with Crippen molar-refractivity contribution in [3.63, 3.8) is 0 Å². The van der Waals surface area contributed by atoms with E-state index in [1.807, 2.05) is 18.2 Å². The van der Waals surface area contributed by atoms with Gasteiger partial charge in [0.15, 0.2) is 0 Å². The lowest BCUT2D eigenvalue weighted by Gasteiger charge is -1.91. The van der Waals surface area contributed by atoms with E-state index >= 15 is 0 Å². The van der Waals surface area contributed by atoms with Crippen molar-refractivity contribution < 1.29 is 12.9 Å². The van der Waals surface area contributed by atoms with Crippen molar-refractivity contribution in [2.75, 3.05) is 0 Å². The van der Waals surface area contributed by atoms with Gasteiger partial charge in [0.25, 0.3) is 14.1 Å². The van der Waals surface area contributed by atoms with Crippen LogP contribution in [0, 0.1) is 0 Å². The van der Waals surface area contributed by atoms with Gasteiger partial charge < -0.3 is 4.52 Å². The van der Waals surface area contributed by atoms with Crippen LogP contribution >= 0.6 is 10.7 Å². The largest absolute Gasteiger partial charge is 0.343 e. The van der Waals surface area contributed by atoms with Gasteiger partial charge in [-0.2, -0.15) is 0 Å². The van der Waals surface area contributed by atoms with Crippen molar-refractivity contribution >= 4 is 19.7 Å². The third-order valence-corrected chi connectivity index (χ3v) is 2.93. The van der Waals surface area contributed by atoms with Gasteiger partial charge in [0, 0.05) is 22.3 Å². The number of halogens is 1. The Hall–Kier alpha value is -1.33. The minimum atomic E-state index is -3.85. The molecule has 78 valence electrons. The molecule has 0 amide bonds. The molecule has 0 aliphatic carbocycles. The van der Waals surface area contributed by atoms with Crippen LogP contribution in [0.3, 0.4) is 0 Å². The molecule has 2 rings (SSSR count). The Labute approximate surface area is 90.9 Å². The molecule has 1 aromatic heterocycles. The Kier molecular flexibility index (Phi) is 2.50. The highest BCUT2D eigenvalue weighted by Crippen LogP contribution is 2.22. The molecule has 4 nitrogen and oxygen atoms in total. The first kappa shape index (κ1) is 10.2. The summed E-state index contributed by atoms with van der Waals surface area (Å²) in [6.45, 7) is 0. The van der Waals surface area contributed by atoms with E-state index in [1.54, 1.807) is 12.1 Å². The van der Waals surface area contributed by atoms with E-state index in [-0.39, 0.29) is 5.09 Å². The SMILES string of the molecule is O=S(=O)(Cl)c1cc(-c2ccccc2)no1. The smallest absolute Gasteiger partial charge is 0.297 e. The molecular weight excluding hydrogens is 238 g/mol. The number of nitrogens with zero attached hydrogens (tertiary/aromatic N) is 1. The molecule has 0 aliphatic heterocycles. The minimum absolute atomic E-state index is 0.344. The zero-order valence-corrected chi connectivity index (χ0v) is 8.99. The van der Waals surface area contributed by atoms with Gasteiger partial charge in [-0.3, -0.25) is 0 Å². The summed E-state index contributed by atoms with van der Waals surface area (Å²) in [5, 5.41) is 3.27. The highest BCUT2D eigenvalue weighted by molar-refractivity contribution is 8.13. The predicted molar refractivity (Wildman–Crippen MR) is 55.0 cm³/mol. The fraction of sp³-hybridized carbons (Fsp3) is 0. The summed E-state index contributed by atoms with van der Waals surface area (Å²) in [7, 11) is 1.25. The van der Waals surface area contributed by atoms with Gasteiger partial charge >= 0.3 is 0 Å². The highest BCUT2D eigenvalue weighted by Gasteiger charge is 2.17. The molecule has 0 N–H and O–H groups in total. The summed E-state index contributed by atoms with van der Waals surface area (Å²) in [5.74, 6) is 0. The molecule has 1 aromatic carbocycles. The van der Waals surface area contributed by atoms with Crippen LogP contribution in [0.5, 0.6) is 0 Å². The maximum absolute atomic E-state index is 10.9. The topological polar surface area (TPSA) is 60.2 Å². The van der Waals surface area contributed by atoms with Crippen molar-refractivity contribution in [1.82, 2.24) is 5.16 Å². The van der Waals surface area contributed by atoms with Gasteiger partial charge in [0.2, 0.25) is 0 Å². The van der Waals surface area contributed by atoms with Crippen molar-refractivity contribution in [2.45, 2.75) is 5.09 Å². The molecular formula is C9H6ClNO3S. The van der Waals surface area contributed by atoms with E-state index in [0.29, 0.717) is 5.69 Å². The molecule has 0 saturated carbocycles. The first-order valence-corrected chi connectivity index (χ1v) is 6.35. The molecule has 6 heteroatoms. The van der Waals surface area contributed by atoms with Gasteiger partial charge in [0.05, 0.1) is 0 Å². The second kappa shape index (κ2) is 3.67. The van der Waals surface area contributed by atoms with Gasteiger partial charge in [-0.25, -0.2) is 8.42 Å². The normalized spacial score (nSPS) is 11.5. The number of aromatic nitrogens is 1. The van der Waals surface area contributed by atoms with Gasteiger partial charge in [-0.05, 0) is 0 Å². The zero-order valence-electron chi connectivity index (χ0n) is 7.42. The molecule has 0 unspecified atom stereocenters. The lowest BCUT2D eigenvalue weighted by molar-refractivity contribution is 0.343. The quantitative estimate of drug-likeness (QED) is 0.759. The Balaban J connectivity index is 2.46. The van der Waals surface area contributed by atoms with Crippen LogP contribution in [0.4, 0.5) is 0 Å². The molecule has 15 heavy (non-hydrogen) atoms. The van der Waals surface area contributed by atoms with Crippen LogP contribution in [0.25, 0.3) is 11.3 Å². The van der Waals surface area contributed by atoms with Crippen LogP contribution in [-0.2, 0) is 9.05 Å². The van der Waals surface area contributed by atoms with Crippen LogP contribution in [-0.4, -0.2) is 13.6 Å². The van der Waals surface area contributed by atoms with Crippen LogP contribution in [0.2, 0.25) is 0 Å². The first-order valence-electron chi connectivity index (χ1n) is 4.04. The fourth-order valence-electron chi connectivity index (χ4n) is 1.12. The summed E-state index contributed by atoms with van der Waals surface area (Å²) < 4.78 is 26.4. The average molecular weight is 244 g/mol. The van der Waals surface area contributed by atoms with Gasteiger partial charge in [-0.1, -0.05) is 35.5 Å². The standard InChI is InChI=1S/C9H6ClNO3S/c10-15(12,13)9-6-8(11-14-9)7-4-2-1-3-5-7/h1-6H. The summed E-state index contributed by atoms with van der Waals surface area (Å²) in [4.78, 5) is 0. The summed E-state index contributed by atoms with van der Waals surface area (Å²) in [6, 6.07) is 10.4. The van der Waals surface area contributed by atoms with Gasteiger partial charge in [0.1, 0.15) is 5.69 Å². The Bertz CT molecular complexity index is 562. The summed E-state index contributed by atoms with van der Waals surface area (Å²) in [6.07, 6.45) is 0. The van der Waals surface area contributed by atoms with Crippen LogP contribution < -0.4 is 0 Å². The molecule has 1 heterocycles. The predicted octanol–water partition coefficient (Wildman–Crippen LogP) is 2.27. The monoisotopic (exact) mass is 243 g/mol. The number of hydrogen-bond donors (Lipinski definition) is 0. The lowest BCUT2D eigenvalue weighted by atomic mass is 10.2. The third kappa shape index (κ3) is 2.19. The number of rotatable bonds is 2. The molecule has 0 aliphatic rings. The molecule has 2 aromatic rings. The van der Waals surface area contributed by atoms with E-state index < -0.39 is 9.05 Å². The summed E-state index contributed by atoms with van der Waals surface area (Å²) >= 11 is 0. The van der Waals surface area contributed by atoms with E-state index in [4.69, 9.17) is 10.7 Å². The fourth-order valence-corrected chi connectivity index (χ4v) is 1.72. The lowest BCUT2D eigenvalue weighted by Crippen LogP contribution is -1.85. The Morgan fingerprint density at radius 3 is 2.40 bits per heavy atom. The van der Waals surface area contributed by atoms with E-state index in [9.17, 15) is 8.42 Å². The molecule has 0 bridgehead atoms. The number of hydrogen-bond acceptors (Lipinski definition) is 4. The second-order valence-electron chi connectivity index (χ2n) is 2.84. The molecule has 0 atom stereocenters. The van der Waals surface area contributed by atoms with Crippen LogP contribution in [0.1, 0.15) is 0 Å². The zero-order chi connectivity index (χ0) is 10.9. The Morgan fingerprint density at radius 1 is 1.20 bits per heavy atom. The van der Waals surface area contributed by atoms with Crippen molar-refractivity contribution in [3.05, 3.63) is 36.4 Å². The van der Waals surface area contributed by atoms with E-state index in [1.165, 1.54) is 6.07 Å². The first-order chi connectivity index (χ1) is 7.07. The second-order valence-corrected chi connectivity index (χ2v) is 5.33. The van der Waals surface area contributed by atoms with Gasteiger partial charge in [-0.15, -0.1) is 0 Å². The van der Waals surface area contributed by atoms with Crippen molar-refractivity contribution in [1.29, 1.82) is 0 Å². The van der Waals surface area contributed by atoms with E-state index in [0.717, 1.165) is 5.56 Å². The molecule has 0 spiro atoms. The molecule has 0 saturated heterocycles. The Morgan fingerprint density at radius 2 is 1.87 bits per heavy atom. The minimum Gasteiger partial charge on any atom is -0.343 e.